The Labute approximate surface area is 128 Å². The van der Waals surface area contributed by atoms with Crippen LogP contribution in [0.5, 0.6) is 0 Å². The van der Waals surface area contributed by atoms with Crippen molar-refractivity contribution < 1.29 is 4.79 Å². The minimum Gasteiger partial charge on any atom is -0.340 e. The van der Waals surface area contributed by atoms with Gasteiger partial charge in [0, 0.05) is 25.0 Å². The van der Waals surface area contributed by atoms with Gasteiger partial charge < -0.3 is 9.47 Å². The number of hydrogen-bond donors (Lipinski definition) is 0. The summed E-state index contributed by atoms with van der Waals surface area (Å²) in [5, 5.41) is 10.3. The van der Waals surface area contributed by atoms with Gasteiger partial charge in [0.05, 0.1) is 19.6 Å². The van der Waals surface area contributed by atoms with Gasteiger partial charge in [-0.1, -0.05) is 6.07 Å². The number of amides is 1. The van der Waals surface area contributed by atoms with Crippen LogP contribution < -0.4 is 0 Å². The van der Waals surface area contributed by atoms with Crippen LogP contribution in [0.2, 0.25) is 0 Å². The third-order valence-electron chi connectivity index (χ3n) is 3.77. The van der Waals surface area contributed by atoms with Crippen molar-refractivity contribution >= 4 is 17.2 Å². The highest BCUT2D eigenvalue weighted by molar-refractivity contribution is 7.09. The Hall–Kier alpha value is -1.73. The van der Waals surface area contributed by atoms with E-state index >= 15 is 0 Å². The van der Waals surface area contributed by atoms with Gasteiger partial charge in [0.1, 0.15) is 11.6 Å². The summed E-state index contributed by atoms with van der Waals surface area (Å²) in [5.41, 5.74) is 0. The summed E-state index contributed by atoms with van der Waals surface area (Å²) >= 11 is 1.68. The van der Waals surface area contributed by atoms with E-state index in [9.17, 15) is 4.79 Å². The average molecular weight is 305 g/mol. The first kappa shape index (κ1) is 14.2. The number of carbonyl (C=O) groups excluding carboxylic acids is 1. The van der Waals surface area contributed by atoms with Gasteiger partial charge in [-0.15, -0.1) is 21.5 Å². The molecule has 1 aliphatic rings. The largest absolute Gasteiger partial charge is 0.340 e. The summed E-state index contributed by atoms with van der Waals surface area (Å²) in [7, 11) is 1.86. The third-order valence-corrected chi connectivity index (χ3v) is 4.64. The molecule has 2 aromatic rings. The molecule has 0 aromatic carbocycles. The lowest BCUT2D eigenvalue weighted by Crippen LogP contribution is -2.42. The molecule has 0 unspecified atom stereocenters. The number of hydrogen-bond acceptors (Lipinski definition) is 5. The number of rotatable bonds is 4. The zero-order valence-corrected chi connectivity index (χ0v) is 13.1. The molecule has 112 valence electrons. The summed E-state index contributed by atoms with van der Waals surface area (Å²) < 4.78 is 2.12. The van der Waals surface area contributed by atoms with Crippen molar-refractivity contribution in [3.8, 4) is 0 Å². The number of thiophene rings is 1. The summed E-state index contributed by atoms with van der Waals surface area (Å²) in [6.07, 6.45) is 0. The molecule has 0 aliphatic carbocycles. The number of fused-ring (bicyclic) bond motifs is 1. The van der Waals surface area contributed by atoms with Crippen LogP contribution in [0.4, 0.5) is 0 Å². The summed E-state index contributed by atoms with van der Waals surface area (Å²) in [5.74, 6) is 2.05. The van der Waals surface area contributed by atoms with E-state index in [1.807, 2.05) is 25.4 Å². The summed E-state index contributed by atoms with van der Waals surface area (Å²) in [6, 6.07) is 4.07. The van der Waals surface area contributed by atoms with Gasteiger partial charge in [-0.05, 0) is 18.4 Å². The van der Waals surface area contributed by atoms with Gasteiger partial charge in [0.15, 0.2) is 0 Å². The molecule has 0 N–H and O–H groups in total. The molecule has 0 bridgehead atoms. The van der Waals surface area contributed by atoms with Gasteiger partial charge in [0.2, 0.25) is 5.91 Å². The standard InChI is InChI=1S/C14H19N5OS/c1-11-15-16-13-9-18(5-6-19(11)13)10-14(20)17(2)8-12-4-3-7-21-12/h3-4,7H,5-6,8-10H2,1-2H3. The smallest absolute Gasteiger partial charge is 0.236 e. The first-order chi connectivity index (χ1) is 10.1. The Morgan fingerprint density at radius 2 is 2.29 bits per heavy atom. The van der Waals surface area contributed by atoms with Crippen LogP contribution in [-0.2, 0) is 24.4 Å². The average Bonchev–Trinajstić information content (AvgIpc) is 3.09. The van der Waals surface area contributed by atoms with Crippen molar-refractivity contribution in [1.29, 1.82) is 0 Å². The van der Waals surface area contributed by atoms with Crippen LogP contribution in [0.25, 0.3) is 0 Å². The SMILES string of the molecule is Cc1nnc2n1CCN(CC(=O)N(C)Cc1cccs1)C2. The van der Waals surface area contributed by atoms with Crippen LogP contribution >= 0.6 is 11.3 Å². The highest BCUT2D eigenvalue weighted by Gasteiger charge is 2.22. The maximum atomic E-state index is 12.3. The van der Waals surface area contributed by atoms with Crippen LogP contribution in [0.1, 0.15) is 16.5 Å². The highest BCUT2D eigenvalue weighted by atomic mass is 32.1. The number of aromatic nitrogens is 3. The van der Waals surface area contributed by atoms with E-state index in [1.54, 1.807) is 16.2 Å². The minimum absolute atomic E-state index is 0.146. The van der Waals surface area contributed by atoms with Crippen molar-refractivity contribution in [2.45, 2.75) is 26.6 Å². The van der Waals surface area contributed by atoms with Crippen LogP contribution in [0.3, 0.4) is 0 Å². The van der Waals surface area contributed by atoms with Crippen LogP contribution in [0.15, 0.2) is 17.5 Å². The second-order valence-corrected chi connectivity index (χ2v) is 6.39. The monoisotopic (exact) mass is 305 g/mol. The van der Waals surface area contributed by atoms with Crippen molar-refractivity contribution in [1.82, 2.24) is 24.6 Å². The zero-order chi connectivity index (χ0) is 14.8. The Balaban J connectivity index is 1.56. The van der Waals surface area contributed by atoms with Crippen molar-refractivity contribution in [3.63, 3.8) is 0 Å². The van der Waals surface area contributed by atoms with E-state index in [1.165, 1.54) is 4.88 Å². The Bertz CT molecular complexity index is 621. The molecule has 0 spiro atoms. The van der Waals surface area contributed by atoms with E-state index in [2.05, 4.69) is 25.7 Å². The van der Waals surface area contributed by atoms with Gasteiger partial charge in [-0.25, -0.2) is 0 Å². The summed E-state index contributed by atoms with van der Waals surface area (Å²) in [4.78, 5) is 17.4. The maximum absolute atomic E-state index is 12.3. The first-order valence-corrected chi connectivity index (χ1v) is 7.89. The molecule has 1 aliphatic heterocycles. The number of nitrogens with zero attached hydrogens (tertiary/aromatic N) is 5. The fourth-order valence-corrected chi connectivity index (χ4v) is 3.28. The molecule has 0 saturated heterocycles. The lowest BCUT2D eigenvalue weighted by Gasteiger charge is -2.28. The number of carbonyl (C=O) groups is 1. The summed E-state index contributed by atoms with van der Waals surface area (Å²) in [6.45, 7) is 5.50. The molecular formula is C14H19N5OS. The molecular weight excluding hydrogens is 286 g/mol. The molecule has 3 heterocycles. The van der Waals surface area contributed by atoms with E-state index in [-0.39, 0.29) is 5.91 Å². The molecule has 0 radical (unpaired) electrons. The molecule has 0 fully saturated rings. The maximum Gasteiger partial charge on any atom is 0.236 e. The Morgan fingerprint density at radius 3 is 3.05 bits per heavy atom. The predicted octanol–water partition coefficient (Wildman–Crippen LogP) is 1.12. The van der Waals surface area contributed by atoms with Crippen molar-refractivity contribution in [2.24, 2.45) is 0 Å². The number of likely N-dealkylation sites (N-methyl/N-ethyl adjacent to an activating group) is 1. The Morgan fingerprint density at radius 1 is 1.43 bits per heavy atom. The van der Waals surface area contributed by atoms with E-state index in [0.29, 0.717) is 19.6 Å². The minimum atomic E-state index is 0.146. The molecule has 6 nitrogen and oxygen atoms in total. The van der Waals surface area contributed by atoms with E-state index < -0.39 is 0 Å². The van der Waals surface area contributed by atoms with E-state index in [0.717, 1.165) is 24.7 Å². The van der Waals surface area contributed by atoms with E-state index in [4.69, 9.17) is 0 Å². The molecule has 1 amide bonds. The topological polar surface area (TPSA) is 54.3 Å². The van der Waals surface area contributed by atoms with Gasteiger partial charge in [-0.3, -0.25) is 9.69 Å². The van der Waals surface area contributed by atoms with Crippen molar-refractivity contribution in [3.05, 3.63) is 34.0 Å². The lowest BCUT2D eigenvalue weighted by atomic mass is 10.3. The predicted molar refractivity (Wildman–Crippen MR) is 80.8 cm³/mol. The third kappa shape index (κ3) is 3.14. The molecule has 21 heavy (non-hydrogen) atoms. The molecule has 3 rings (SSSR count). The van der Waals surface area contributed by atoms with Crippen LogP contribution in [0, 0.1) is 6.92 Å². The molecule has 0 saturated carbocycles. The number of aryl methyl sites for hydroxylation is 1. The molecule has 0 atom stereocenters. The lowest BCUT2D eigenvalue weighted by molar-refractivity contribution is -0.132. The fraction of sp³-hybridized carbons (Fsp3) is 0.500. The Kier molecular flexibility index (Phi) is 4.03. The second kappa shape index (κ2) is 5.95. The normalized spacial score (nSPS) is 15.0. The fourth-order valence-electron chi connectivity index (χ4n) is 2.52. The second-order valence-electron chi connectivity index (χ2n) is 5.35. The van der Waals surface area contributed by atoms with Crippen molar-refractivity contribution in [2.75, 3.05) is 20.1 Å². The quantitative estimate of drug-likeness (QED) is 0.849. The van der Waals surface area contributed by atoms with Gasteiger partial charge >= 0.3 is 0 Å². The first-order valence-electron chi connectivity index (χ1n) is 7.01. The van der Waals surface area contributed by atoms with Gasteiger partial charge in [0.25, 0.3) is 0 Å². The van der Waals surface area contributed by atoms with Gasteiger partial charge in [-0.2, -0.15) is 0 Å². The zero-order valence-electron chi connectivity index (χ0n) is 12.3. The molecule has 2 aromatic heterocycles. The highest BCUT2D eigenvalue weighted by Crippen LogP contribution is 2.13. The van der Waals surface area contributed by atoms with Crippen LogP contribution in [-0.4, -0.2) is 50.6 Å². The molecule has 7 heteroatoms.